The molecule has 0 spiro atoms. The van der Waals surface area contributed by atoms with E-state index in [1.807, 2.05) is 18.2 Å². The second-order valence-electron chi connectivity index (χ2n) is 28.7. The number of benzene rings is 2. The average Bonchev–Trinajstić information content (AvgIpc) is 1.69. The minimum Gasteiger partial charge on any atom is -0.756 e. The first-order valence-electron chi connectivity index (χ1n) is 40.2. The Hall–Kier alpha value is -2.83. The van der Waals surface area contributed by atoms with Crippen molar-refractivity contribution in [1.82, 2.24) is 0 Å². The van der Waals surface area contributed by atoms with Crippen molar-refractivity contribution in [2.45, 2.75) is 341 Å². The molecule has 1 N–H and O–H groups in total. The number of carbonyl (C=O) groups excluding carboxylic acids is 5. The van der Waals surface area contributed by atoms with Crippen molar-refractivity contribution in [3.05, 3.63) is 41.0 Å². The summed E-state index contributed by atoms with van der Waals surface area (Å²) in [6, 6.07) is 7.32. The van der Waals surface area contributed by atoms with Crippen LogP contribution in [0, 0.1) is 5.92 Å². The Morgan fingerprint density at radius 1 is 0.486 bits per heavy atom. The van der Waals surface area contributed by atoms with Crippen LogP contribution in [0.25, 0.3) is 0 Å². The van der Waals surface area contributed by atoms with Crippen molar-refractivity contribution >= 4 is 45.3 Å². The molecule has 0 amide bonds. The largest absolute Gasteiger partial charge is 1.00 e. The van der Waals surface area contributed by atoms with Gasteiger partial charge in [-0.2, -0.15) is 0 Å². The van der Waals surface area contributed by atoms with E-state index in [9.17, 15) is 48.0 Å². The van der Waals surface area contributed by atoms with Gasteiger partial charge in [0.15, 0.2) is 29.5 Å². The van der Waals surface area contributed by atoms with Crippen LogP contribution in [0.15, 0.2) is 24.3 Å². The van der Waals surface area contributed by atoms with Crippen LogP contribution in [0.5, 0.6) is 28.7 Å². The topological polar surface area (TPSA) is 306 Å². The number of hydrogen-bond donors (Lipinski definition) is 1. The molecular weight excluding hydrogens is 1440 g/mol. The third-order valence-corrected chi connectivity index (χ3v) is 21.0. The molecule has 23 nitrogen and oxygen atoms in total. The molecule has 7 atom stereocenters. The number of hydrogen-bond acceptors (Lipinski definition) is 23. The van der Waals surface area contributed by atoms with Gasteiger partial charge in [0.2, 0.25) is 0 Å². The Morgan fingerprint density at radius 3 is 1.21 bits per heavy atom. The fraction of sp³-hybridized carbons (Fsp3) is 0.787. The minimum absolute atomic E-state index is 0. The van der Waals surface area contributed by atoms with E-state index >= 15 is 0 Å². The van der Waals surface area contributed by atoms with Gasteiger partial charge in [-0.25, -0.2) is 0 Å². The Morgan fingerprint density at radius 2 is 0.841 bits per heavy atom. The quantitative estimate of drug-likeness (QED) is 0.0211. The van der Waals surface area contributed by atoms with Gasteiger partial charge in [-0.3, -0.25) is 33.1 Å². The number of phosphoric acid groups is 2. The predicted octanol–water partition coefficient (Wildman–Crippen LogP) is 11.7. The minimum atomic E-state index is -5.20. The maximum atomic E-state index is 13.5. The molecule has 602 valence electrons. The summed E-state index contributed by atoms with van der Waals surface area (Å²) < 4.78 is 95.8. The fourth-order valence-electron chi connectivity index (χ4n) is 12.8. The molecule has 0 radical (unpaired) electrons. The first-order valence-corrected chi connectivity index (χ1v) is 43.1. The van der Waals surface area contributed by atoms with Crippen LogP contribution in [0.1, 0.15) is 326 Å². The molecule has 0 fully saturated rings. The third-order valence-electron chi connectivity index (χ3n) is 19.2. The smallest absolute Gasteiger partial charge is 0.756 e. The van der Waals surface area contributed by atoms with Gasteiger partial charge in [-0.05, 0) is 49.8 Å². The SMILES string of the molecule is CCCCCCCCCCCC(=O)OCC(COP(=O)([O-])OCC(O)COP(=O)([O-])OCC(COC(=O)CCCCCCCCCCC)OC(=O)CCCCCCCCCCC)OC(=O)CCCCCCCCCCC.COc1cc2c(cc1OC)C1C(=O)c3ccc4c(c3OC1CO2)CC(C(C)C)O4.[Na+].[Na+]. The van der Waals surface area contributed by atoms with Gasteiger partial charge in [0, 0.05) is 49.3 Å². The van der Waals surface area contributed by atoms with Crippen molar-refractivity contribution < 1.29 is 168 Å². The molecule has 0 saturated heterocycles. The van der Waals surface area contributed by atoms with Crippen molar-refractivity contribution in [3.63, 3.8) is 0 Å². The molecule has 107 heavy (non-hydrogen) atoms. The van der Waals surface area contributed by atoms with Gasteiger partial charge in [-0.1, -0.05) is 247 Å². The number of carbonyl (C=O) groups is 5. The summed E-state index contributed by atoms with van der Waals surface area (Å²) in [6.07, 6.45) is 34.7. The van der Waals surface area contributed by atoms with Crippen molar-refractivity contribution in [1.29, 1.82) is 0 Å². The molecule has 3 heterocycles. The van der Waals surface area contributed by atoms with Crippen molar-refractivity contribution in [3.8, 4) is 28.7 Å². The third kappa shape index (κ3) is 42.7. The first-order chi connectivity index (χ1) is 50.7. The number of phosphoric ester groups is 2. The van der Waals surface area contributed by atoms with Crippen LogP contribution >= 0.6 is 15.6 Å². The van der Waals surface area contributed by atoms with E-state index in [4.69, 9.17) is 60.7 Å². The molecule has 2 aromatic rings. The molecule has 0 bridgehead atoms. The van der Waals surface area contributed by atoms with Crippen LogP contribution in [0.3, 0.4) is 0 Å². The molecule has 3 aliphatic rings. The number of Topliss-reactive ketones (excluding diaryl/α,β-unsaturated/α-hetero) is 1. The number of ketones is 1. The number of fused-ring (bicyclic) bond motifs is 6. The zero-order valence-electron chi connectivity index (χ0n) is 67.1. The number of methoxy groups -OCH3 is 2. The van der Waals surface area contributed by atoms with Crippen LogP contribution in [-0.2, 0) is 71.8 Å². The molecule has 7 unspecified atom stereocenters. The monoisotopic (exact) mass is 1570 g/mol. The summed E-state index contributed by atoms with van der Waals surface area (Å²) in [5, 5.41) is 10.4. The van der Waals surface area contributed by atoms with Gasteiger partial charge in [0.25, 0.3) is 15.6 Å². The van der Waals surface area contributed by atoms with Gasteiger partial charge < -0.3 is 75.6 Å². The second-order valence-corrected chi connectivity index (χ2v) is 31.5. The summed E-state index contributed by atoms with van der Waals surface area (Å²) in [5.74, 6) is 0.999. The van der Waals surface area contributed by atoms with Crippen LogP contribution in [-0.4, -0.2) is 126 Å². The number of unbranched alkanes of at least 4 members (excludes halogenated alkanes) is 32. The average molecular weight is 1570 g/mol. The maximum absolute atomic E-state index is 13.5. The van der Waals surface area contributed by atoms with Gasteiger partial charge in [0.05, 0.1) is 52.1 Å². The number of rotatable bonds is 61. The van der Waals surface area contributed by atoms with Crippen LogP contribution in [0.2, 0.25) is 0 Å². The first kappa shape index (κ1) is 100. The van der Waals surface area contributed by atoms with Gasteiger partial charge >= 0.3 is 83.0 Å². The van der Waals surface area contributed by atoms with Crippen LogP contribution in [0.4, 0.5) is 0 Å². The van der Waals surface area contributed by atoms with Crippen molar-refractivity contribution in [2.24, 2.45) is 5.92 Å². The van der Waals surface area contributed by atoms with E-state index < -0.39 is 103 Å². The number of aliphatic hydroxyl groups excluding tert-OH is 1. The molecule has 3 aliphatic heterocycles. The summed E-state index contributed by atoms with van der Waals surface area (Å²) in [6.45, 7) is 8.94. The number of esters is 4. The molecule has 5 rings (SSSR count). The van der Waals surface area contributed by atoms with E-state index in [-0.39, 0.29) is 103 Å². The van der Waals surface area contributed by atoms with Gasteiger partial charge in [-0.15, -0.1) is 0 Å². The summed E-state index contributed by atoms with van der Waals surface area (Å²) in [5.41, 5.74) is 2.37. The normalized spacial score (nSPS) is 16.6. The molecule has 27 heteroatoms. The summed E-state index contributed by atoms with van der Waals surface area (Å²) in [7, 11) is -7.24. The molecule has 0 aromatic heterocycles. The predicted molar refractivity (Wildman–Crippen MR) is 400 cm³/mol. The number of ether oxygens (including phenoxy) is 9. The maximum Gasteiger partial charge on any atom is 1.00 e. The number of aliphatic hydroxyl groups is 1. The van der Waals surface area contributed by atoms with Gasteiger partial charge in [0.1, 0.15) is 55.4 Å². The van der Waals surface area contributed by atoms with Crippen molar-refractivity contribution in [2.75, 3.05) is 60.5 Å². The summed E-state index contributed by atoms with van der Waals surface area (Å²) >= 11 is 0. The van der Waals surface area contributed by atoms with E-state index in [2.05, 4.69) is 41.5 Å². The standard InChI is InChI=1S/C57H110O17P2.C23H24O6.2Na/c1-5-9-13-17-21-25-29-33-37-41-54(59)67-47-52(73-56(61)43-39-35-31-27-23-19-15-11-7-3)49-71-75(63,64)69-45-51(58)46-70-76(65,66)72-50-53(74-57(62)44-40-36-32-28-24-20-16-12-8-4)48-68-55(60)42-38-34-30-26-22-18-14-10-6-2;1-11(2)16-8-14-15(28-16)6-5-12-22(24)21-13-7-18(25-3)19(26-4)9-17(13)27-10-20(21)29-23(12)14;;/h51-53,58H,5-50H2,1-4H3,(H,63,64)(H,65,66);5-7,9,11,16,20-21H,8,10H2,1-4H3;;/q;;2*+1/p-2. The summed E-state index contributed by atoms with van der Waals surface area (Å²) in [4.78, 5) is 89.8. The molecule has 2 aromatic carbocycles. The Kier molecular flexibility index (Phi) is 56.0. The van der Waals surface area contributed by atoms with E-state index in [0.29, 0.717) is 66.8 Å². The molecular formula is C80H132Na2O23P2. The van der Waals surface area contributed by atoms with E-state index in [1.54, 1.807) is 20.3 Å². The Balaban J connectivity index is 0.00000102. The Bertz CT molecular complexity index is 2760. The second kappa shape index (κ2) is 59.8. The van der Waals surface area contributed by atoms with Crippen LogP contribution < -0.4 is 92.6 Å². The molecule has 0 aliphatic carbocycles. The Labute approximate surface area is 685 Å². The van der Waals surface area contributed by atoms with E-state index in [1.165, 1.54) is 103 Å². The zero-order valence-corrected chi connectivity index (χ0v) is 72.9. The molecule has 0 saturated carbocycles. The fourth-order valence-corrected chi connectivity index (χ4v) is 14.4. The van der Waals surface area contributed by atoms with E-state index in [0.717, 1.165) is 126 Å². The zero-order chi connectivity index (χ0) is 76.5.